The van der Waals surface area contributed by atoms with Gasteiger partial charge in [0.1, 0.15) is 0 Å². The van der Waals surface area contributed by atoms with Crippen molar-refractivity contribution in [3.05, 3.63) is 0 Å². The number of hydrogen-bond acceptors (Lipinski definition) is 3. The molecule has 30 valence electrons. The van der Waals surface area contributed by atoms with Crippen LogP contribution in [0, 0.1) is 0 Å². The molecule has 0 heterocycles. The number of rotatable bonds is 1. The molecule has 0 aliphatic carbocycles. The van der Waals surface area contributed by atoms with E-state index in [0.717, 1.165) is 7.11 Å². The fraction of sp³-hybridized carbons (Fsp3) is 1.00. The second-order valence-electron chi connectivity index (χ2n) is 0.406. The molecular formula is CH3O3V. The Labute approximate surface area is 34.3 Å². The zero-order chi connectivity index (χ0) is 4.28. The Kier molecular flexibility index (Phi) is 2.45. The van der Waals surface area contributed by atoms with Gasteiger partial charge in [-0.05, 0) is 0 Å². The van der Waals surface area contributed by atoms with E-state index in [2.05, 4.69) is 3.66 Å². The molecule has 0 saturated carbocycles. The molecule has 0 atom stereocenters. The Morgan fingerprint density at radius 2 is 1.80 bits per heavy atom. The van der Waals surface area contributed by atoms with Crippen LogP contribution in [-0.2, 0) is 26.4 Å². The van der Waals surface area contributed by atoms with Crippen LogP contribution < -0.4 is 0 Å². The molecule has 0 bridgehead atoms. The minimum absolute atomic E-state index is 1.14. The van der Waals surface area contributed by atoms with Gasteiger partial charge < -0.3 is 0 Å². The fourth-order valence-electron chi connectivity index (χ4n) is 0. The molecular weight excluding hydrogens is 111 g/mol. The van der Waals surface area contributed by atoms with Gasteiger partial charge in [0.15, 0.2) is 0 Å². The third-order valence-electron chi connectivity index (χ3n) is 0.149. The van der Waals surface area contributed by atoms with Gasteiger partial charge in [0.25, 0.3) is 0 Å². The minimum atomic E-state index is -3.20. The first-order valence-electron chi connectivity index (χ1n) is 0.956. The Morgan fingerprint density at radius 1 is 1.60 bits per heavy atom. The molecule has 0 aromatic heterocycles. The molecule has 0 rings (SSSR count). The molecule has 0 aromatic carbocycles. The van der Waals surface area contributed by atoms with Crippen molar-refractivity contribution in [1.82, 2.24) is 0 Å². The van der Waals surface area contributed by atoms with Gasteiger partial charge in [0.05, 0.1) is 0 Å². The van der Waals surface area contributed by atoms with E-state index in [1.165, 1.54) is 0 Å². The van der Waals surface area contributed by atoms with Crippen molar-refractivity contribution in [2.75, 3.05) is 7.11 Å². The van der Waals surface area contributed by atoms with Crippen molar-refractivity contribution in [2.45, 2.75) is 0 Å². The monoisotopic (exact) mass is 114 g/mol. The average molecular weight is 114 g/mol. The standard InChI is InChI=1S/CH3O.2O.V/c1-2;;;/h1H3;;;/q-1;;;+1. The molecule has 0 aliphatic rings. The summed E-state index contributed by atoms with van der Waals surface area (Å²) in [5, 5.41) is 0. The van der Waals surface area contributed by atoms with Crippen LogP contribution >= 0.6 is 0 Å². The third kappa shape index (κ3) is 4.14. The van der Waals surface area contributed by atoms with Crippen LogP contribution in [0.15, 0.2) is 0 Å². The topological polar surface area (TPSA) is 43.4 Å². The van der Waals surface area contributed by atoms with E-state index < -0.39 is 15.4 Å². The number of hydrogen-bond donors (Lipinski definition) is 0. The van der Waals surface area contributed by atoms with E-state index in [4.69, 9.17) is 0 Å². The van der Waals surface area contributed by atoms with Crippen LogP contribution in [0.5, 0.6) is 0 Å². The second kappa shape index (κ2) is 2.39. The van der Waals surface area contributed by atoms with E-state index in [1.54, 1.807) is 0 Å². The van der Waals surface area contributed by atoms with Crippen molar-refractivity contribution in [2.24, 2.45) is 0 Å². The fourth-order valence-corrected chi connectivity index (χ4v) is 0. The van der Waals surface area contributed by atoms with Crippen molar-refractivity contribution >= 4 is 0 Å². The quantitative estimate of drug-likeness (QED) is 0.476. The van der Waals surface area contributed by atoms with Gasteiger partial charge in [0.2, 0.25) is 0 Å². The molecule has 5 heavy (non-hydrogen) atoms. The Balaban J connectivity index is 3.23. The Morgan fingerprint density at radius 3 is 1.80 bits per heavy atom. The summed E-state index contributed by atoms with van der Waals surface area (Å²) >= 11 is -3.20. The SMILES string of the molecule is C[O][V](=[O])=[O]. The Bertz CT molecular complexity index is 65.0. The van der Waals surface area contributed by atoms with E-state index in [-0.39, 0.29) is 0 Å². The van der Waals surface area contributed by atoms with Gasteiger partial charge in [-0.1, -0.05) is 0 Å². The van der Waals surface area contributed by atoms with Gasteiger partial charge in [-0.2, -0.15) is 0 Å². The maximum absolute atomic E-state index is 9.26. The predicted molar refractivity (Wildman–Crippen MR) is 8.38 cm³/mol. The molecule has 0 fully saturated rings. The van der Waals surface area contributed by atoms with Crippen LogP contribution in [0.4, 0.5) is 0 Å². The van der Waals surface area contributed by atoms with Crippen LogP contribution in [-0.4, -0.2) is 7.11 Å². The second-order valence-corrected chi connectivity index (χ2v) is 1.67. The molecule has 0 aliphatic heterocycles. The van der Waals surface area contributed by atoms with E-state index in [0.29, 0.717) is 0 Å². The first kappa shape index (κ1) is 5.14. The summed E-state index contributed by atoms with van der Waals surface area (Å²) in [6.45, 7) is 0. The normalized spacial score (nSPS) is 7.40. The first-order valence-corrected chi connectivity index (χ1v) is 2.67. The summed E-state index contributed by atoms with van der Waals surface area (Å²) in [7, 11) is 1.14. The zero-order valence-corrected chi connectivity index (χ0v) is 4.07. The van der Waals surface area contributed by atoms with Crippen molar-refractivity contribution < 1.29 is 26.4 Å². The van der Waals surface area contributed by atoms with Crippen LogP contribution in [0.3, 0.4) is 0 Å². The van der Waals surface area contributed by atoms with E-state index in [9.17, 15) is 7.35 Å². The van der Waals surface area contributed by atoms with Crippen molar-refractivity contribution in [3.8, 4) is 0 Å². The summed E-state index contributed by atoms with van der Waals surface area (Å²) in [6.07, 6.45) is 0. The predicted octanol–water partition coefficient (Wildman–Crippen LogP) is -0.143. The van der Waals surface area contributed by atoms with Crippen molar-refractivity contribution in [3.63, 3.8) is 0 Å². The summed E-state index contributed by atoms with van der Waals surface area (Å²) in [6, 6.07) is 0. The third-order valence-corrected chi connectivity index (χ3v) is 0.615. The molecule has 0 amide bonds. The average Bonchev–Trinajstić information content (AvgIpc) is 1.38. The molecule has 0 saturated heterocycles. The van der Waals surface area contributed by atoms with Crippen LogP contribution in [0.2, 0.25) is 0 Å². The van der Waals surface area contributed by atoms with Crippen LogP contribution in [0.25, 0.3) is 0 Å². The summed E-state index contributed by atoms with van der Waals surface area (Å²) in [5.74, 6) is 0. The van der Waals surface area contributed by atoms with Gasteiger partial charge in [-0.15, -0.1) is 0 Å². The zero-order valence-electron chi connectivity index (χ0n) is 2.67. The van der Waals surface area contributed by atoms with Gasteiger partial charge in [0, 0.05) is 0 Å². The van der Waals surface area contributed by atoms with Crippen molar-refractivity contribution in [1.29, 1.82) is 0 Å². The molecule has 0 aromatic rings. The van der Waals surface area contributed by atoms with E-state index >= 15 is 0 Å². The molecule has 0 N–H and O–H groups in total. The summed E-state index contributed by atoms with van der Waals surface area (Å²) in [5.41, 5.74) is 0. The summed E-state index contributed by atoms with van der Waals surface area (Å²) < 4.78 is 22.3. The molecule has 0 spiro atoms. The maximum atomic E-state index is 9.26. The van der Waals surface area contributed by atoms with Crippen LogP contribution in [0.1, 0.15) is 0 Å². The Hall–Kier alpha value is 0.144. The van der Waals surface area contributed by atoms with Gasteiger partial charge in [-0.3, -0.25) is 0 Å². The van der Waals surface area contributed by atoms with E-state index in [1.807, 2.05) is 0 Å². The molecule has 4 heteroatoms. The van der Waals surface area contributed by atoms with Gasteiger partial charge in [-0.25, -0.2) is 0 Å². The van der Waals surface area contributed by atoms with Gasteiger partial charge >= 0.3 is 33.5 Å². The molecule has 3 nitrogen and oxygen atoms in total. The summed E-state index contributed by atoms with van der Waals surface area (Å²) in [4.78, 5) is 0. The first-order chi connectivity index (χ1) is 2.27. The molecule has 0 radical (unpaired) electrons. The molecule has 0 unspecified atom stereocenters.